The van der Waals surface area contributed by atoms with Crippen molar-refractivity contribution in [1.82, 2.24) is 0 Å². The minimum Gasteiger partial charge on any atom is -0.508 e. The summed E-state index contributed by atoms with van der Waals surface area (Å²) in [6.45, 7) is 7.99. The third-order valence-electron chi connectivity index (χ3n) is 3.69. The molecule has 0 saturated heterocycles. The van der Waals surface area contributed by atoms with Crippen molar-refractivity contribution in [2.75, 3.05) is 34.0 Å². The van der Waals surface area contributed by atoms with Crippen molar-refractivity contribution in [2.45, 2.75) is 40.0 Å². The van der Waals surface area contributed by atoms with Gasteiger partial charge in [-0.1, -0.05) is 20.8 Å². The van der Waals surface area contributed by atoms with Gasteiger partial charge in [0.1, 0.15) is 34.5 Å². The van der Waals surface area contributed by atoms with Gasteiger partial charge in [0, 0.05) is 20.8 Å². The van der Waals surface area contributed by atoms with Gasteiger partial charge >= 0.3 is 0 Å². The molecule has 3 aromatic carbocycles. The first-order valence-electron chi connectivity index (χ1n) is 12.2. The van der Waals surface area contributed by atoms with Crippen LogP contribution in [-0.4, -0.2) is 69.8 Å². The molecule has 0 aliphatic carbocycles. The van der Waals surface area contributed by atoms with E-state index in [2.05, 4.69) is 13.8 Å². The highest BCUT2D eigenvalue weighted by atomic mass is 16.5. The third kappa shape index (κ3) is 25.4. The summed E-state index contributed by atoms with van der Waals surface area (Å²) in [4.78, 5) is 0. The van der Waals surface area contributed by atoms with Crippen LogP contribution in [0.2, 0.25) is 0 Å². The maximum atomic E-state index is 8.65. The maximum absolute atomic E-state index is 8.65. The molecule has 0 bridgehead atoms. The molecule has 0 amide bonds. The highest BCUT2D eigenvalue weighted by Gasteiger charge is 1.94. The average molecular weight is 539 g/mol. The molecule has 9 heteroatoms. The van der Waals surface area contributed by atoms with Gasteiger partial charge in [-0.25, -0.2) is 0 Å². The van der Waals surface area contributed by atoms with Crippen LogP contribution in [0.3, 0.4) is 0 Å². The highest BCUT2D eigenvalue weighted by Crippen LogP contribution is 2.18. The zero-order valence-electron chi connectivity index (χ0n) is 23.1. The summed E-state index contributed by atoms with van der Waals surface area (Å²) in [7, 11) is 2.00. The minimum atomic E-state index is 0.169. The number of aliphatic hydroxyl groups excluding tert-OH is 3. The van der Waals surface area contributed by atoms with Crippen LogP contribution < -0.4 is 9.47 Å². The molecule has 3 aromatic rings. The van der Waals surface area contributed by atoms with Crippen molar-refractivity contribution in [3.8, 4) is 34.5 Å². The Kier molecular flexibility index (Phi) is 30.2. The fourth-order valence-electron chi connectivity index (χ4n) is 1.98. The molecule has 9 nitrogen and oxygen atoms in total. The Hall–Kier alpha value is -3.66. The fraction of sp³-hybridized carbons (Fsp3) is 0.379. The molecule has 3 rings (SSSR count). The molecule has 0 fully saturated rings. The first-order chi connectivity index (χ1) is 18.4. The van der Waals surface area contributed by atoms with Crippen molar-refractivity contribution in [3.63, 3.8) is 0 Å². The quantitative estimate of drug-likeness (QED) is 0.204. The first kappa shape index (κ1) is 38.9. The molecule has 0 radical (unpaired) electrons. The molecule has 216 valence electrons. The fourth-order valence-corrected chi connectivity index (χ4v) is 1.98. The van der Waals surface area contributed by atoms with Crippen molar-refractivity contribution < 1.29 is 45.2 Å². The van der Waals surface area contributed by atoms with Gasteiger partial charge in [0.25, 0.3) is 0 Å². The Bertz CT molecular complexity index is 723. The number of hydrogen-bond donors (Lipinski definition) is 7. The second-order valence-corrected chi connectivity index (χ2v) is 6.92. The van der Waals surface area contributed by atoms with Crippen molar-refractivity contribution in [2.24, 2.45) is 0 Å². The van der Waals surface area contributed by atoms with Crippen molar-refractivity contribution in [3.05, 3.63) is 72.8 Å². The van der Waals surface area contributed by atoms with Crippen LogP contribution in [0.25, 0.3) is 0 Å². The molecule has 0 aliphatic rings. The third-order valence-corrected chi connectivity index (χ3v) is 3.69. The molecule has 0 aliphatic heterocycles. The normalized spacial score (nSPS) is 8.53. The van der Waals surface area contributed by atoms with Crippen LogP contribution in [-0.2, 0) is 0 Å². The minimum absolute atomic E-state index is 0.169. The lowest BCUT2D eigenvalue weighted by atomic mass is 10.3. The summed E-state index contributed by atoms with van der Waals surface area (Å²) in [6.07, 6.45) is 2.95. The molecule has 0 unspecified atom stereocenters. The first-order valence-corrected chi connectivity index (χ1v) is 12.2. The lowest BCUT2D eigenvalue weighted by Crippen LogP contribution is -1.96. The van der Waals surface area contributed by atoms with Crippen LogP contribution in [0.5, 0.6) is 34.5 Å². The summed E-state index contributed by atoms with van der Waals surface area (Å²) in [5.41, 5.74) is 0. The highest BCUT2D eigenvalue weighted by molar-refractivity contribution is 5.31. The Labute approximate surface area is 226 Å². The van der Waals surface area contributed by atoms with Crippen molar-refractivity contribution in [1.29, 1.82) is 0 Å². The van der Waals surface area contributed by atoms with E-state index in [0.29, 0.717) is 6.61 Å². The van der Waals surface area contributed by atoms with Gasteiger partial charge in [-0.15, -0.1) is 0 Å². The second-order valence-electron chi connectivity index (χ2n) is 6.92. The van der Waals surface area contributed by atoms with Gasteiger partial charge in [0.2, 0.25) is 0 Å². The van der Waals surface area contributed by atoms with E-state index < -0.39 is 0 Å². The standard InChI is InChI=1S/C12H18O2.2C6H6O2.C3H8O.2CH4O/c1-3-9-13-11-5-7-12(8-6-11)14-10-4-2;2*7-5-1-2-6(8)4-3-5;1-2-3-4;2*1-2/h5-8H,3-4,9-10H2,1-2H3;2*1-4,7-8H;4H,2-3H2,1H3;2*2H,1H3. The van der Waals surface area contributed by atoms with E-state index in [4.69, 9.17) is 45.2 Å². The largest absolute Gasteiger partial charge is 0.508 e. The van der Waals surface area contributed by atoms with E-state index in [-0.39, 0.29) is 23.0 Å². The zero-order valence-corrected chi connectivity index (χ0v) is 23.1. The van der Waals surface area contributed by atoms with E-state index in [1.54, 1.807) is 0 Å². The molecule has 38 heavy (non-hydrogen) atoms. The van der Waals surface area contributed by atoms with Crippen LogP contribution in [0, 0.1) is 0 Å². The lowest BCUT2D eigenvalue weighted by Gasteiger charge is -2.06. The molecule has 0 heterocycles. The molecule has 0 saturated carbocycles. The van der Waals surface area contributed by atoms with Gasteiger partial charge < -0.3 is 45.2 Å². The summed E-state index contributed by atoms with van der Waals surface area (Å²) in [6, 6.07) is 19.2. The van der Waals surface area contributed by atoms with Crippen LogP contribution in [0.4, 0.5) is 0 Å². The number of rotatable bonds is 7. The van der Waals surface area contributed by atoms with E-state index >= 15 is 0 Å². The van der Waals surface area contributed by atoms with Gasteiger partial charge in [-0.3, -0.25) is 0 Å². The number of aromatic hydroxyl groups is 4. The number of benzene rings is 3. The van der Waals surface area contributed by atoms with Gasteiger partial charge in [0.05, 0.1) is 13.2 Å². The predicted octanol–water partition coefficient (Wildman–Crippen LogP) is 5.07. The SMILES string of the molecule is CCCO.CCCOc1ccc(OCCC)cc1.CO.CO.Oc1ccc(O)cc1.Oc1ccc(O)cc1. The molecule has 0 spiro atoms. The number of hydrogen-bond acceptors (Lipinski definition) is 9. The Morgan fingerprint density at radius 2 is 0.658 bits per heavy atom. The molecule has 0 aromatic heterocycles. The van der Waals surface area contributed by atoms with Crippen LogP contribution >= 0.6 is 0 Å². The summed E-state index contributed by atoms with van der Waals surface area (Å²) in [5, 5.41) is 56.5. The Morgan fingerprint density at radius 1 is 0.447 bits per heavy atom. The summed E-state index contributed by atoms with van der Waals surface area (Å²) >= 11 is 0. The molecule has 7 N–H and O–H groups in total. The number of ether oxygens (including phenoxy) is 2. The van der Waals surface area contributed by atoms with E-state index in [0.717, 1.165) is 58.2 Å². The van der Waals surface area contributed by atoms with Gasteiger partial charge in [-0.05, 0) is 92.1 Å². The van der Waals surface area contributed by atoms with Crippen LogP contribution in [0.1, 0.15) is 40.0 Å². The average Bonchev–Trinajstić information content (AvgIpc) is 2.97. The number of aliphatic hydroxyl groups is 3. The summed E-state index contributed by atoms with van der Waals surface area (Å²) < 4.78 is 10.9. The lowest BCUT2D eigenvalue weighted by molar-refractivity contribution is 0.295. The van der Waals surface area contributed by atoms with Crippen LogP contribution in [0.15, 0.2) is 72.8 Å². The number of phenols is 4. The molecular weight excluding hydrogens is 492 g/mol. The van der Waals surface area contributed by atoms with Crippen molar-refractivity contribution >= 4 is 0 Å². The van der Waals surface area contributed by atoms with E-state index in [9.17, 15) is 0 Å². The van der Waals surface area contributed by atoms with Gasteiger partial charge in [0.15, 0.2) is 0 Å². The monoisotopic (exact) mass is 538 g/mol. The topological polar surface area (TPSA) is 160 Å². The predicted molar refractivity (Wildman–Crippen MR) is 151 cm³/mol. The Morgan fingerprint density at radius 3 is 0.816 bits per heavy atom. The smallest absolute Gasteiger partial charge is 0.119 e. The zero-order chi connectivity index (χ0) is 29.6. The summed E-state index contributed by atoms with van der Waals surface area (Å²) in [5.74, 6) is 2.50. The van der Waals surface area contributed by atoms with Gasteiger partial charge in [-0.2, -0.15) is 0 Å². The molecular formula is C29H46O9. The van der Waals surface area contributed by atoms with E-state index in [1.165, 1.54) is 48.5 Å². The Balaban J connectivity index is -0.000000441. The van der Waals surface area contributed by atoms with E-state index in [1.807, 2.05) is 31.2 Å². The second kappa shape index (κ2) is 29.6. The molecule has 0 atom stereocenters. The maximum Gasteiger partial charge on any atom is 0.119 e. The number of phenolic OH excluding ortho intramolecular Hbond substituents is 4.